The summed E-state index contributed by atoms with van der Waals surface area (Å²) in [7, 11) is 0. The minimum absolute atomic E-state index is 0.00727. The fourth-order valence-electron chi connectivity index (χ4n) is 4.87. The van der Waals surface area contributed by atoms with Gasteiger partial charge < -0.3 is 23.9 Å². The fourth-order valence-corrected chi connectivity index (χ4v) is 4.87. The van der Waals surface area contributed by atoms with Crippen molar-refractivity contribution in [3.8, 4) is 5.75 Å². The monoisotopic (exact) mass is 459 g/mol. The number of ether oxygens (including phenoxy) is 1. The first kappa shape index (κ1) is 22.1. The highest BCUT2D eigenvalue weighted by molar-refractivity contribution is 5.96. The second-order valence-corrected chi connectivity index (χ2v) is 8.61. The molecule has 2 aromatic carbocycles. The Kier molecular flexibility index (Phi) is 6.25. The average Bonchev–Trinajstić information content (AvgIpc) is 3.43. The van der Waals surface area contributed by atoms with E-state index >= 15 is 0 Å². The van der Waals surface area contributed by atoms with E-state index in [2.05, 4.69) is 11.0 Å². The molecule has 7 heteroatoms. The molecule has 0 radical (unpaired) electrons. The van der Waals surface area contributed by atoms with Crippen molar-refractivity contribution in [3.05, 3.63) is 83.8 Å². The molecule has 3 heterocycles. The van der Waals surface area contributed by atoms with Gasteiger partial charge in [-0.05, 0) is 42.3 Å². The van der Waals surface area contributed by atoms with Crippen LogP contribution in [0.25, 0.3) is 0 Å². The number of hydrogen-bond acceptors (Lipinski definition) is 5. The van der Waals surface area contributed by atoms with Gasteiger partial charge in [0.2, 0.25) is 5.91 Å². The van der Waals surface area contributed by atoms with Crippen molar-refractivity contribution in [1.29, 1.82) is 0 Å². The second kappa shape index (κ2) is 9.63. The van der Waals surface area contributed by atoms with E-state index in [1.165, 1.54) is 6.26 Å². The number of amides is 2. The lowest BCUT2D eigenvalue weighted by Gasteiger charge is -2.41. The van der Waals surface area contributed by atoms with Crippen LogP contribution in [-0.2, 0) is 17.8 Å². The Morgan fingerprint density at radius 3 is 2.41 bits per heavy atom. The molecular weight excluding hydrogens is 430 g/mol. The van der Waals surface area contributed by atoms with E-state index in [0.29, 0.717) is 45.8 Å². The molecule has 176 valence electrons. The Hall–Kier alpha value is -3.74. The summed E-state index contributed by atoms with van der Waals surface area (Å²) in [5.41, 5.74) is 3.25. The van der Waals surface area contributed by atoms with E-state index in [1.807, 2.05) is 54.3 Å². The maximum absolute atomic E-state index is 13.7. The van der Waals surface area contributed by atoms with Gasteiger partial charge in [0.1, 0.15) is 11.8 Å². The molecule has 0 saturated carbocycles. The molecule has 0 bridgehead atoms. The first-order chi connectivity index (χ1) is 16.7. The number of nitrogens with zero attached hydrogens (tertiary/aromatic N) is 3. The largest absolute Gasteiger partial charge is 0.492 e. The van der Waals surface area contributed by atoms with Crippen molar-refractivity contribution in [2.45, 2.75) is 25.9 Å². The summed E-state index contributed by atoms with van der Waals surface area (Å²) in [5.74, 6) is 0.868. The van der Waals surface area contributed by atoms with Gasteiger partial charge in [0.25, 0.3) is 5.91 Å². The van der Waals surface area contributed by atoms with Crippen LogP contribution in [0.4, 0.5) is 5.69 Å². The molecule has 1 aromatic heterocycles. The molecule has 2 aliphatic heterocycles. The molecule has 1 atom stereocenters. The van der Waals surface area contributed by atoms with Gasteiger partial charge in [0, 0.05) is 39.1 Å². The normalized spacial score (nSPS) is 17.9. The van der Waals surface area contributed by atoms with Crippen molar-refractivity contribution in [2.75, 3.05) is 37.7 Å². The van der Waals surface area contributed by atoms with Crippen LogP contribution in [0.5, 0.6) is 5.75 Å². The number of carbonyl (C=O) groups excluding carboxylic acids is 2. The molecule has 0 spiro atoms. The van der Waals surface area contributed by atoms with E-state index in [-0.39, 0.29) is 17.6 Å². The average molecular weight is 460 g/mol. The molecule has 0 aliphatic carbocycles. The molecule has 1 saturated heterocycles. The SMILES string of the molecule is CCOc1ccccc1N1CCN(C(=O)C2Cc3ccccc3CN2C(=O)c2ccco2)CC1. The zero-order valence-corrected chi connectivity index (χ0v) is 19.4. The predicted molar refractivity (Wildman–Crippen MR) is 129 cm³/mol. The molecule has 0 N–H and O–H groups in total. The predicted octanol–water partition coefficient (Wildman–Crippen LogP) is 3.59. The van der Waals surface area contributed by atoms with Crippen LogP contribution in [0.3, 0.4) is 0 Å². The molecule has 2 amide bonds. The van der Waals surface area contributed by atoms with Crippen molar-refractivity contribution in [3.63, 3.8) is 0 Å². The maximum Gasteiger partial charge on any atom is 0.290 e. The molecule has 3 aromatic rings. The van der Waals surface area contributed by atoms with Crippen LogP contribution in [0, 0.1) is 0 Å². The summed E-state index contributed by atoms with van der Waals surface area (Å²) in [4.78, 5) is 32.8. The van der Waals surface area contributed by atoms with E-state index in [0.717, 1.165) is 22.6 Å². The van der Waals surface area contributed by atoms with Gasteiger partial charge in [0.05, 0.1) is 18.6 Å². The first-order valence-electron chi connectivity index (χ1n) is 11.8. The summed E-state index contributed by atoms with van der Waals surface area (Å²) >= 11 is 0. The topological polar surface area (TPSA) is 66.2 Å². The van der Waals surface area contributed by atoms with E-state index < -0.39 is 6.04 Å². The Balaban J connectivity index is 1.33. The number of benzene rings is 2. The van der Waals surface area contributed by atoms with E-state index in [9.17, 15) is 9.59 Å². The van der Waals surface area contributed by atoms with Crippen LogP contribution < -0.4 is 9.64 Å². The molecule has 34 heavy (non-hydrogen) atoms. The van der Waals surface area contributed by atoms with Crippen LogP contribution in [0.15, 0.2) is 71.3 Å². The standard InChI is InChI=1S/C27H29N3O4/c1-2-33-24-11-6-5-10-22(24)28-13-15-29(16-14-28)26(31)23-18-20-8-3-4-9-21(20)19-30(23)27(32)25-12-7-17-34-25/h3-12,17,23H,2,13-16,18-19H2,1H3. The number of piperazine rings is 1. The number of furan rings is 1. The highest BCUT2D eigenvalue weighted by atomic mass is 16.5. The van der Waals surface area contributed by atoms with Gasteiger partial charge in [0.15, 0.2) is 5.76 Å². The van der Waals surface area contributed by atoms with Gasteiger partial charge in [-0.3, -0.25) is 9.59 Å². The highest BCUT2D eigenvalue weighted by Gasteiger charge is 2.38. The summed E-state index contributed by atoms with van der Waals surface area (Å²) in [5, 5.41) is 0. The Labute approximate surface area is 199 Å². The molecule has 2 aliphatic rings. The molecule has 5 rings (SSSR count). The lowest BCUT2D eigenvalue weighted by atomic mass is 9.92. The summed E-state index contributed by atoms with van der Waals surface area (Å²) in [6, 6.07) is 18.8. The molecule has 1 unspecified atom stereocenters. The van der Waals surface area contributed by atoms with Crippen molar-refractivity contribution in [1.82, 2.24) is 9.80 Å². The fraction of sp³-hybridized carbons (Fsp3) is 0.333. The second-order valence-electron chi connectivity index (χ2n) is 8.61. The van der Waals surface area contributed by atoms with Gasteiger partial charge in [-0.15, -0.1) is 0 Å². The smallest absolute Gasteiger partial charge is 0.290 e. The van der Waals surface area contributed by atoms with E-state index in [4.69, 9.17) is 9.15 Å². The van der Waals surface area contributed by atoms with Crippen molar-refractivity contribution >= 4 is 17.5 Å². The molecule has 7 nitrogen and oxygen atoms in total. The minimum atomic E-state index is -0.547. The third-order valence-electron chi connectivity index (χ3n) is 6.62. The van der Waals surface area contributed by atoms with Crippen molar-refractivity contribution < 1.29 is 18.7 Å². The zero-order chi connectivity index (χ0) is 23.5. The minimum Gasteiger partial charge on any atom is -0.492 e. The summed E-state index contributed by atoms with van der Waals surface area (Å²) < 4.78 is 11.2. The van der Waals surface area contributed by atoms with Gasteiger partial charge >= 0.3 is 0 Å². The van der Waals surface area contributed by atoms with Crippen LogP contribution >= 0.6 is 0 Å². The van der Waals surface area contributed by atoms with Gasteiger partial charge in [-0.2, -0.15) is 0 Å². The third-order valence-corrected chi connectivity index (χ3v) is 6.62. The van der Waals surface area contributed by atoms with Gasteiger partial charge in [-0.1, -0.05) is 36.4 Å². The van der Waals surface area contributed by atoms with Gasteiger partial charge in [-0.25, -0.2) is 0 Å². The highest BCUT2D eigenvalue weighted by Crippen LogP contribution is 2.30. The number of para-hydroxylation sites is 2. The first-order valence-corrected chi connectivity index (χ1v) is 11.8. The van der Waals surface area contributed by atoms with E-state index in [1.54, 1.807) is 17.0 Å². The Morgan fingerprint density at radius 2 is 1.68 bits per heavy atom. The molecule has 1 fully saturated rings. The zero-order valence-electron chi connectivity index (χ0n) is 19.4. The third kappa shape index (κ3) is 4.25. The van der Waals surface area contributed by atoms with Crippen LogP contribution in [0.1, 0.15) is 28.6 Å². The van der Waals surface area contributed by atoms with Crippen LogP contribution in [0.2, 0.25) is 0 Å². The summed E-state index contributed by atoms with van der Waals surface area (Å²) in [6.45, 7) is 5.61. The Morgan fingerprint density at radius 1 is 0.941 bits per heavy atom. The number of carbonyl (C=O) groups is 2. The number of hydrogen-bond donors (Lipinski definition) is 0. The van der Waals surface area contributed by atoms with Crippen molar-refractivity contribution in [2.24, 2.45) is 0 Å². The van der Waals surface area contributed by atoms with Crippen LogP contribution in [-0.4, -0.2) is 60.4 Å². The molecular formula is C27H29N3O4. The summed E-state index contributed by atoms with van der Waals surface area (Å²) in [6.07, 6.45) is 2.00. The number of anilines is 1. The lowest BCUT2D eigenvalue weighted by Crippen LogP contribution is -2.57. The number of fused-ring (bicyclic) bond motifs is 1. The number of rotatable bonds is 5. The quantitative estimate of drug-likeness (QED) is 0.583. The lowest BCUT2D eigenvalue weighted by molar-refractivity contribution is -0.137. The Bertz CT molecular complexity index is 1150. The maximum atomic E-state index is 13.7.